The molecular formula is C52H68F2N12O10. The number of carbonyl (C=O) groups excluding carboxylic acids is 10. The van der Waals surface area contributed by atoms with Crippen LogP contribution in [0.3, 0.4) is 0 Å². The molecule has 0 bridgehead atoms. The van der Waals surface area contributed by atoms with Crippen molar-refractivity contribution in [1.29, 1.82) is 0 Å². The molecule has 6 rings (SSSR count). The first-order valence-electron chi connectivity index (χ1n) is 24.9. The summed E-state index contributed by atoms with van der Waals surface area (Å²) >= 11 is 0. The van der Waals surface area contributed by atoms with Crippen LogP contribution in [-0.4, -0.2) is 168 Å². The van der Waals surface area contributed by atoms with E-state index in [0.29, 0.717) is 0 Å². The number of likely N-dealkylation sites (tertiary alicyclic amines) is 2. The molecule has 2 aromatic rings. The third kappa shape index (κ3) is 12.9. The number of amides is 10. The van der Waals surface area contributed by atoms with Gasteiger partial charge in [0.25, 0.3) is 0 Å². The van der Waals surface area contributed by atoms with Gasteiger partial charge in [-0.2, -0.15) is 0 Å². The standard InChI is InChI=1S/C52H68F2N12O10/c1-27(55-9)43(69)61-41(51(3,4)5)49(75)63-21-19-35-39(63)33(45(71)59-31-15-11-29(53)12-16-31)25-65(35)37(67)23-57-47(73)48(74)58-24-38(68)66-26-34(46(72)60-32-17-13-30(54)14-18-32)40-36(66)20-22-64(40)50(76)42(52(6,7)8)62-44(70)28(2)56-10/h11-20,27-28,33-34,39-42,55-56H,21-26H2,1-10H3,(H,57,73)(H,58,74)(H,59,71)(H,60,72)(H,61,69)(H,62,70). The number of halogens is 2. The second-order valence-corrected chi connectivity index (χ2v) is 21.3. The zero-order chi connectivity index (χ0) is 56.1. The summed E-state index contributed by atoms with van der Waals surface area (Å²) in [5.74, 6) is -10.5. The minimum Gasteiger partial charge on any atom is -0.342 e. The fourth-order valence-electron chi connectivity index (χ4n) is 9.39. The SMILES string of the molecule is CNC(C)C(=O)NC(C(=O)N1CC=C2C1C(C(=O)Nc1ccc(F)cc1)CN2C(=O)CNC(=O)C(=O)NCC(=O)N1CC(C(=O)Nc2ccc(F)cc2)C2C1=CCN2C(=O)C(NC(=O)C(C)NC)C(C)(C)C)C(C)(C)C. The molecular weight excluding hydrogens is 991 g/mol. The fraction of sp³-hybridized carbons (Fsp3) is 0.500. The van der Waals surface area contributed by atoms with Crippen molar-refractivity contribution in [3.05, 3.63) is 83.7 Å². The summed E-state index contributed by atoms with van der Waals surface area (Å²) in [6, 6.07) is 4.54. The first-order chi connectivity index (χ1) is 35.7. The molecule has 410 valence electrons. The predicted molar refractivity (Wildman–Crippen MR) is 273 cm³/mol. The number of nitrogens with one attached hydrogen (secondary N) is 8. The quantitative estimate of drug-likeness (QED) is 0.105. The zero-order valence-electron chi connectivity index (χ0n) is 44.3. The monoisotopic (exact) mass is 1060 g/mol. The first-order valence-corrected chi connectivity index (χ1v) is 24.9. The molecule has 0 aromatic heterocycles. The molecule has 0 spiro atoms. The van der Waals surface area contributed by atoms with Gasteiger partial charge in [0.05, 0.1) is 49.1 Å². The van der Waals surface area contributed by atoms with Crippen molar-refractivity contribution in [3.63, 3.8) is 0 Å². The Labute approximate surface area is 439 Å². The Hall–Kier alpha value is -7.60. The van der Waals surface area contributed by atoms with E-state index in [1.807, 2.05) is 0 Å². The van der Waals surface area contributed by atoms with Crippen molar-refractivity contribution in [2.75, 3.05) is 64.0 Å². The number of fused-ring (bicyclic) bond motifs is 2. The van der Waals surface area contributed by atoms with Crippen LogP contribution < -0.4 is 42.5 Å². The van der Waals surface area contributed by atoms with Gasteiger partial charge < -0.3 is 62.1 Å². The Morgan fingerprint density at radius 1 is 0.553 bits per heavy atom. The van der Waals surface area contributed by atoms with Crippen molar-refractivity contribution in [1.82, 2.24) is 51.5 Å². The lowest BCUT2D eigenvalue weighted by atomic mass is 9.85. The van der Waals surface area contributed by atoms with E-state index in [2.05, 4.69) is 42.5 Å². The van der Waals surface area contributed by atoms with E-state index in [-0.39, 0.29) is 48.9 Å². The minimum absolute atomic E-state index is 0.0512. The number of hydrogen-bond acceptors (Lipinski definition) is 12. The highest BCUT2D eigenvalue weighted by Crippen LogP contribution is 2.40. The van der Waals surface area contributed by atoms with E-state index < -0.39 is 143 Å². The van der Waals surface area contributed by atoms with Gasteiger partial charge in [0.2, 0.25) is 47.3 Å². The molecule has 8 unspecified atom stereocenters. The summed E-state index contributed by atoms with van der Waals surface area (Å²) < 4.78 is 27.5. The number of likely N-dealkylation sites (N-methyl/N-ethyl adjacent to an activating group) is 2. The Balaban J connectivity index is 1.14. The lowest BCUT2D eigenvalue weighted by Gasteiger charge is -2.37. The normalized spacial score (nSPS) is 20.5. The van der Waals surface area contributed by atoms with Gasteiger partial charge in [-0.1, -0.05) is 41.5 Å². The van der Waals surface area contributed by atoms with Crippen LogP contribution in [0.1, 0.15) is 55.4 Å². The van der Waals surface area contributed by atoms with E-state index in [1.165, 1.54) is 43.9 Å². The van der Waals surface area contributed by atoms with Gasteiger partial charge in [-0.05, 0) is 99.5 Å². The lowest BCUT2D eigenvalue weighted by molar-refractivity contribution is -0.141. The van der Waals surface area contributed by atoms with Crippen LogP contribution in [0, 0.1) is 34.3 Å². The molecule has 2 fully saturated rings. The highest BCUT2D eigenvalue weighted by molar-refractivity contribution is 6.35. The van der Waals surface area contributed by atoms with E-state index in [0.717, 1.165) is 24.3 Å². The molecule has 76 heavy (non-hydrogen) atoms. The molecule has 2 aromatic carbocycles. The van der Waals surface area contributed by atoms with Crippen LogP contribution in [0.2, 0.25) is 0 Å². The molecule has 4 aliphatic heterocycles. The summed E-state index contributed by atoms with van der Waals surface area (Å²) in [6.07, 6.45) is 3.18. The molecule has 10 amide bonds. The maximum atomic E-state index is 14.4. The zero-order valence-corrected chi connectivity index (χ0v) is 44.3. The maximum absolute atomic E-state index is 14.4. The summed E-state index contributed by atoms with van der Waals surface area (Å²) in [7, 11) is 3.19. The van der Waals surface area contributed by atoms with Crippen LogP contribution >= 0.6 is 0 Å². The molecule has 2 saturated heterocycles. The van der Waals surface area contributed by atoms with E-state index in [1.54, 1.807) is 81.6 Å². The highest BCUT2D eigenvalue weighted by Gasteiger charge is 2.54. The van der Waals surface area contributed by atoms with Crippen molar-refractivity contribution < 1.29 is 56.7 Å². The summed E-state index contributed by atoms with van der Waals surface area (Å²) in [5.41, 5.74) is -0.592. The molecule has 0 aliphatic carbocycles. The van der Waals surface area contributed by atoms with Gasteiger partial charge in [0.1, 0.15) is 23.7 Å². The van der Waals surface area contributed by atoms with Crippen LogP contribution in [0.4, 0.5) is 20.2 Å². The topological polar surface area (TPSA) is 280 Å². The number of anilines is 2. The van der Waals surface area contributed by atoms with E-state index in [4.69, 9.17) is 0 Å². The Kier molecular flexibility index (Phi) is 17.8. The van der Waals surface area contributed by atoms with Crippen molar-refractivity contribution in [2.24, 2.45) is 22.7 Å². The molecule has 4 aliphatic rings. The molecule has 0 saturated carbocycles. The van der Waals surface area contributed by atoms with E-state index in [9.17, 15) is 56.7 Å². The fourth-order valence-corrected chi connectivity index (χ4v) is 9.39. The minimum atomic E-state index is -1.30. The van der Waals surface area contributed by atoms with Crippen LogP contribution in [0.15, 0.2) is 72.1 Å². The van der Waals surface area contributed by atoms with Crippen LogP contribution in [0.5, 0.6) is 0 Å². The number of carbonyl (C=O) groups is 10. The number of rotatable bonds is 16. The molecule has 24 heteroatoms. The van der Waals surface area contributed by atoms with Gasteiger partial charge in [0.15, 0.2) is 0 Å². The number of benzene rings is 2. The molecule has 8 atom stereocenters. The van der Waals surface area contributed by atoms with Crippen molar-refractivity contribution in [3.8, 4) is 0 Å². The van der Waals surface area contributed by atoms with Gasteiger partial charge >= 0.3 is 11.8 Å². The first kappa shape index (κ1) is 57.7. The Morgan fingerprint density at radius 3 is 1.18 bits per heavy atom. The van der Waals surface area contributed by atoms with Gasteiger partial charge in [0, 0.05) is 48.9 Å². The number of nitrogens with zero attached hydrogens (tertiary/aromatic N) is 4. The van der Waals surface area contributed by atoms with Gasteiger partial charge in [-0.3, -0.25) is 47.9 Å². The molecule has 0 radical (unpaired) electrons. The van der Waals surface area contributed by atoms with Crippen molar-refractivity contribution in [2.45, 2.75) is 91.6 Å². The summed E-state index contributed by atoms with van der Waals surface area (Å²) in [5, 5.41) is 21.2. The molecule has 4 heterocycles. The third-order valence-corrected chi connectivity index (χ3v) is 13.9. The lowest BCUT2D eigenvalue weighted by Crippen LogP contribution is -2.59. The van der Waals surface area contributed by atoms with Gasteiger partial charge in [-0.25, -0.2) is 8.78 Å². The largest absolute Gasteiger partial charge is 0.342 e. The van der Waals surface area contributed by atoms with Crippen molar-refractivity contribution >= 4 is 70.4 Å². The second-order valence-electron chi connectivity index (χ2n) is 21.3. The molecule has 22 nitrogen and oxygen atoms in total. The summed E-state index contributed by atoms with van der Waals surface area (Å²) in [6.45, 7) is 11.7. The summed E-state index contributed by atoms with van der Waals surface area (Å²) in [4.78, 5) is 143. The predicted octanol–water partition coefficient (Wildman–Crippen LogP) is 0.158. The van der Waals surface area contributed by atoms with Crippen LogP contribution in [0.25, 0.3) is 0 Å². The smallest absolute Gasteiger partial charge is 0.309 e. The Bertz CT molecular complexity index is 2500. The molecule has 8 N–H and O–H groups in total. The maximum Gasteiger partial charge on any atom is 0.309 e. The third-order valence-electron chi connectivity index (χ3n) is 13.9. The average molecular weight is 1060 g/mol. The second kappa shape index (κ2) is 23.5. The Morgan fingerprint density at radius 2 is 0.882 bits per heavy atom. The van der Waals surface area contributed by atoms with E-state index >= 15 is 0 Å². The highest BCUT2D eigenvalue weighted by atomic mass is 19.1. The van der Waals surface area contributed by atoms with Crippen LogP contribution in [-0.2, 0) is 47.9 Å². The average Bonchev–Trinajstić information content (AvgIpc) is 4.19. The number of hydrogen-bond donors (Lipinski definition) is 8. The van der Waals surface area contributed by atoms with Gasteiger partial charge in [-0.15, -0.1) is 0 Å².